The van der Waals surface area contributed by atoms with Gasteiger partial charge in [0.05, 0.1) is 0 Å². The number of hydrogen-bond donors (Lipinski definition) is 1. The van der Waals surface area contributed by atoms with E-state index in [1.54, 1.807) is 4.90 Å². The van der Waals surface area contributed by atoms with E-state index in [0.717, 1.165) is 19.5 Å². The summed E-state index contributed by atoms with van der Waals surface area (Å²) in [6, 6.07) is 1.07. The molecule has 0 aliphatic carbocycles. The molecule has 2 fully saturated rings. The van der Waals surface area contributed by atoms with Gasteiger partial charge in [-0.05, 0) is 32.7 Å². The molecule has 2 aliphatic heterocycles. The van der Waals surface area contributed by atoms with Crippen molar-refractivity contribution in [3.05, 3.63) is 0 Å². The van der Waals surface area contributed by atoms with Crippen molar-refractivity contribution in [3.63, 3.8) is 0 Å². The molecular weight excluding hydrogens is 190 g/mol. The zero-order valence-corrected chi connectivity index (χ0v) is 9.70. The highest BCUT2D eigenvalue weighted by atomic mass is 16.2. The zero-order valence-electron chi connectivity index (χ0n) is 9.70. The fraction of sp³-hybridized carbons (Fsp3) is 0.909. The van der Waals surface area contributed by atoms with Gasteiger partial charge < -0.3 is 10.2 Å². The first-order valence-electron chi connectivity index (χ1n) is 5.98. The Morgan fingerprint density at radius 2 is 2.27 bits per heavy atom. The van der Waals surface area contributed by atoms with E-state index in [0.29, 0.717) is 12.1 Å². The summed E-state index contributed by atoms with van der Waals surface area (Å²) in [6.45, 7) is 5.15. The highest BCUT2D eigenvalue weighted by Gasteiger charge is 2.37. The van der Waals surface area contributed by atoms with Gasteiger partial charge in [0, 0.05) is 32.2 Å². The van der Waals surface area contributed by atoms with E-state index >= 15 is 0 Å². The number of nitrogens with one attached hydrogen (secondary N) is 1. The molecule has 0 aromatic heterocycles. The minimum absolute atomic E-state index is 0.0799. The average Bonchev–Trinajstić information content (AvgIpc) is 2.81. The fourth-order valence-corrected chi connectivity index (χ4v) is 2.66. The van der Waals surface area contributed by atoms with E-state index in [1.807, 2.05) is 14.0 Å². The Bertz CT molecular complexity index is 244. The molecule has 0 spiro atoms. The Hall–Kier alpha value is -0.770. The molecule has 0 aromatic carbocycles. The molecule has 2 unspecified atom stereocenters. The molecule has 2 aliphatic rings. The van der Waals surface area contributed by atoms with E-state index in [1.165, 1.54) is 19.4 Å². The van der Waals surface area contributed by atoms with Crippen LogP contribution < -0.4 is 5.32 Å². The second kappa shape index (κ2) is 4.39. The fourth-order valence-electron chi connectivity index (χ4n) is 2.66. The van der Waals surface area contributed by atoms with E-state index in [4.69, 9.17) is 0 Å². The van der Waals surface area contributed by atoms with Crippen LogP contribution in [0.5, 0.6) is 0 Å². The van der Waals surface area contributed by atoms with Gasteiger partial charge in [-0.1, -0.05) is 0 Å². The summed E-state index contributed by atoms with van der Waals surface area (Å²) in [5.41, 5.74) is 0. The van der Waals surface area contributed by atoms with Gasteiger partial charge in [-0.3, -0.25) is 4.90 Å². The third-order valence-electron chi connectivity index (χ3n) is 3.74. The van der Waals surface area contributed by atoms with Gasteiger partial charge in [0.15, 0.2) is 0 Å². The molecule has 2 heterocycles. The first-order chi connectivity index (χ1) is 7.22. The standard InChI is InChI=1S/C11H21N3O/c1-3-13(2)11(15)12-9-6-8-14-7-4-5-10(9)14/h9-10H,3-8H2,1-2H3,(H,12,15). The van der Waals surface area contributed by atoms with E-state index in [-0.39, 0.29) is 6.03 Å². The highest BCUT2D eigenvalue weighted by Crippen LogP contribution is 2.27. The van der Waals surface area contributed by atoms with Crippen molar-refractivity contribution in [3.8, 4) is 0 Å². The molecule has 0 radical (unpaired) electrons. The summed E-state index contributed by atoms with van der Waals surface area (Å²) >= 11 is 0. The van der Waals surface area contributed by atoms with Crippen molar-refractivity contribution in [2.24, 2.45) is 0 Å². The van der Waals surface area contributed by atoms with Crippen LogP contribution in [-0.2, 0) is 0 Å². The predicted octanol–water partition coefficient (Wildman–Crippen LogP) is 0.884. The number of carbonyl (C=O) groups is 1. The lowest BCUT2D eigenvalue weighted by molar-refractivity contribution is 0.202. The van der Waals surface area contributed by atoms with Crippen LogP contribution in [0.2, 0.25) is 0 Å². The molecule has 2 atom stereocenters. The maximum Gasteiger partial charge on any atom is 0.317 e. The summed E-state index contributed by atoms with van der Waals surface area (Å²) in [5.74, 6) is 0. The molecule has 4 heteroatoms. The first kappa shape index (κ1) is 10.7. The van der Waals surface area contributed by atoms with Gasteiger partial charge in [-0.2, -0.15) is 0 Å². The number of hydrogen-bond acceptors (Lipinski definition) is 2. The summed E-state index contributed by atoms with van der Waals surface area (Å²) in [4.78, 5) is 16.0. The summed E-state index contributed by atoms with van der Waals surface area (Å²) < 4.78 is 0. The van der Waals surface area contributed by atoms with Crippen molar-refractivity contribution in [2.75, 3.05) is 26.7 Å². The smallest absolute Gasteiger partial charge is 0.317 e. The van der Waals surface area contributed by atoms with Crippen LogP contribution in [0.3, 0.4) is 0 Å². The monoisotopic (exact) mass is 211 g/mol. The number of amides is 2. The Morgan fingerprint density at radius 3 is 3.00 bits per heavy atom. The minimum atomic E-state index is 0.0799. The third-order valence-corrected chi connectivity index (χ3v) is 3.74. The van der Waals surface area contributed by atoms with Crippen molar-refractivity contribution in [1.29, 1.82) is 0 Å². The van der Waals surface area contributed by atoms with Gasteiger partial charge in [0.2, 0.25) is 0 Å². The van der Waals surface area contributed by atoms with Gasteiger partial charge in [-0.25, -0.2) is 4.79 Å². The van der Waals surface area contributed by atoms with Crippen molar-refractivity contribution < 1.29 is 4.79 Å². The quantitative estimate of drug-likeness (QED) is 0.736. The molecule has 0 aromatic rings. The number of nitrogens with zero attached hydrogens (tertiary/aromatic N) is 2. The molecule has 4 nitrogen and oxygen atoms in total. The maximum atomic E-state index is 11.7. The maximum absolute atomic E-state index is 11.7. The van der Waals surface area contributed by atoms with Crippen LogP contribution in [0, 0.1) is 0 Å². The van der Waals surface area contributed by atoms with Crippen LogP contribution in [-0.4, -0.2) is 54.6 Å². The van der Waals surface area contributed by atoms with Gasteiger partial charge >= 0.3 is 6.03 Å². The van der Waals surface area contributed by atoms with Crippen molar-refractivity contribution in [2.45, 2.75) is 38.3 Å². The molecule has 2 saturated heterocycles. The number of fused-ring (bicyclic) bond motifs is 1. The van der Waals surface area contributed by atoms with Crippen molar-refractivity contribution >= 4 is 6.03 Å². The normalized spacial score (nSPS) is 30.3. The van der Waals surface area contributed by atoms with E-state index < -0.39 is 0 Å². The molecule has 1 N–H and O–H groups in total. The molecule has 86 valence electrons. The predicted molar refractivity (Wildman–Crippen MR) is 59.8 cm³/mol. The molecule has 15 heavy (non-hydrogen) atoms. The highest BCUT2D eigenvalue weighted by molar-refractivity contribution is 5.74. The lowest BCUT2D eigenvalue weighted by Crippen LogP contribution is -2.47. The SMILES string of the molecule is CCN(C)C(=O)NC1CCN2CCCC12. The number of urea groups is 1. The van der Waals surface area contributed by atoms with Crippen LogP contribution in [0.1, 0.15) is 26.2 Å². The second-order valence-electron chi connectivity index (χ2n) is 4.60. The first-order valence-corrected chi connectivity index (χ1v) is 5.98. The number of carbonyl (C=O) groups excluding carboxylic acids is 1. The Morgan fingerprint density at radius 1 is 1.47 bits per heavy atom. The van der Waals surface area contributed by atoms with Crippen LogP contribution in [0.25, 0.3) is 0 Å². The Kier molecular flexibility index (Phi) is 3.14. The number of rotatable bonds is 2. The average molecular weight is 211 g/mol. The van der Waals surface area contributed by atoms with Crippen LogP contribution >= 0.6 is 0 Å². The molecule has 2 rings (SSSR count). The zero-order chi connectivity index (χ0) is 10.8. The summed E-state index contributed by atoms with van der Waals surface area (Å²) in [7, 11) is 1.84. The summed E-state index contributed by atoms with van der Waals surface area (Å²) in [5, 5.41) is 3.15. The van der Waals surface area contributed by atoms with Crippen LogP contribution in [0.4, 0.5) is 4.79 Å². The molecule has 2 amide bonds. The minimum Gasteiger partial charge on any atom is -0.334 e. The summed E-state index contributed by atoms with van der Waals surface area (Å²) in [6.07, 6.45) is 3.66. The van der Waals surface area contributed by atoms with Crippen LogP contribution in [0.15, 0.2) is 0 Å². The lowest BCUT2D eigenvalue weighted by atomic mass is 10.1. The Labute approximate surface area is 91.6 Å². The topological polar surface area (TPSA) is 35.6 Å². The lowest BCUT2D eigenvalue weighted by Gasteiger charge is -2.24. The van der Waals surface area contributed by atoms with E-state index in [2.05, 4.69) is 10.2 Å². The largest absolute Gasteiger partial charge is 0.334 e. The van der Waals surface area contributed by atoms with E-state index in [9.17, 15) is 4.79 Å². The molecular formula is C11H21N3O. The van der Waals surface area contributed by atoms with Gasteiger partial charge in [-0.15, -0.1) is 0 Å². The second-order valence-corrected chi connectivity index (χ2v) is 4.60. The molecule has 0 bridgehead atoms. The third kappa shape index (κ3) is 2.09. The Balaban J connectivity index is 1.87. The van der Waals surface area contributed by atoms with Gasteiger partial charge in [0.1, 0.15) is 0 Å². The van der Waals surface area contributed by atoms with Crippen molar-refractivity contribution in [1.82, 2.24) is 15.1 Å². The van der Waals surface area contributed by atoms with Gasteiger partial charge in [0.25, 0.3) is 0 Å². The molecule has 0 saturated carbocycles.